The van der Waals surface area contributed by atoms with Gasteiger partial charge in [0, 0.05) is 23.2 Å². The maximum absolute atomic E-state index is 13.6. The third kappa shape index (κ3) is 1.39. The minimum absolute atomic E-state index is 0.121. The van der Waals surface area contributed by atoms with E-state index >= 15 is 0 Å². The van der Waals surface area contributed by atoms with Gasteiger partial charge in [-0.15, -0.1) is 0 Å². The van der Waals surface area contributed by atoms with Gasteiger partial charge in [0.05, 0.1) is 4.92 Å². The van der Waals surface area contributed by atoms with Gasteiger partial charge in [0.25, 0.3) is 5.69 Å². The van der Waals surface area contributed by atoms with E-state index in [1.807, 2.05) is 13.8 Å². The molecule has 1 saturated carbocycles. The molecule has 2 N–H and O–H groups in total. The fraction of sp³-hybridized carbons (Fsp3) is 0.455. The van der Waals surface area contributed by atoms with Gasteiger partial charge in [-0.2, -0.15) is 0 Å². The van der Waals surface area contributed by atoms with Crippen LogP contribution < -0.4 is 5.73 Å². The molecule has 2 rings (SSSR count). The first-order chi connectivity index (χ1) is 7.28. The van der Waals surface area contributed by atoms with Crippen molar-refractivity contribution in [3.8, 4) is 0 Å². The van der Waals surface area contributed by atoms with Crippen molar-refractivity contribution >= 4 is 5.69 Å². The summed E-state index contributed by atoms with van der Waals surface area (Å²) in [6.07, 6.45) is 0.637. The van der Waals surface area contributed by atoms with E-state index in [-0.39, 0.29) is 16.7 Å². The predicted molar refractivity (Wildman–Crippen MR) is 57.3 cm³/mol. The van der Waals surface area contributed by atoms with E-state index in [2.05, 4.69) is 0 Å². The largest absolute Gasteiger partial charge is 0.321 e. The minimum atomic E-state index is -0.775. The van der Waals surface area contributed by atoms with Crippen molar-refractivity contribution in [2.24, 2.45) is 11.1 Å². The van der Waals surface area contributed by atoms with E-state index in [1.54, 1.807) is 0 Å². The van der Waals surface area contributed by atoms with Crippen LogP contribution >= 0.6 is 0 Å². The van der Waals surface area contributed by atoms with Gasteiger partial charge < -0.3 is 5.73 Å². The Kier molecular flexibility index (Phi) is 2.07. The number of benzene rings is 1. The zero-order valence-electron chi connectivity index (χ0n) is 9.16. The van der Waals surface area contributed by atoms with Gasteiger partial charge in [-0.05, 0) is 17.9 Å². The molecular weight excluding hydrogens is 211 g/mol. The Bertz CT molecular complexity index is 473. The number of nitro groups is 1. The minimum Gasteiger partial charge on any atom is -0.321 e. The third-order valence-corrected chi connectivity index (χ3v) is 3.44. The smallest absolute Gasteiger partial charge is 0.269 e. The Morgan fingerprint density at radius 3 is 2.50 bits per heavy atom. The Morgan fingerprint density at radius 2 is 2.06 bits per heavy atom. The molecule has 0 radical (unpaired) electrons. The van der Waals surface area contributed by atoms with E-state index in [4.69, 9.17) is 5.73 Å². The Balaban J connectivity index is 2.50. The summed E-state index contributed by atoms with van der Waals surface area (Å²) >= 11 is 0. The molecular formula is C11H13FN2O2. The molecule has 0 heterocycles. The van der Waals surface area contributed by atoms with Crippen LogP contribution in [0.3, 0.4) is 0 Å². The van der Waals surface area contributed by atoms with Gasteiger partial charge in [0.1, 0.15) is 5.82 Å². The lowest BCUT2D eigenvalue weighted by atomic mass is 9.96. The van der Waals surface area contributed by atoms with Gasteiger partial charge in [-0.25, -0.2) is 4.39 Å². The molecule has 0 saturated heterocycles. The van der Waals surface area contributed by atoms with Crippen molar-refractivity contribution in [2.45, 2.75) is 25.8 Å². The number of halogens is 1. The third-order valence-electron chi connectivity index (χ3n) is 3.44. The van der Waals surface area contributed by atoms with Crippen LogP contribution in [-0.2, 0) is 5.54 Å². The first kappa shape index (κ1) is 11.0. The van der Waals surface area contributed by atoms with E-state index in [1.165, 1.54) is 6.07 Å². The maximum Gasteiger partial charge on any atom is 0.269 e. The molecule has 1 aromatic carbocycles. The van der Waals surface area contributed by atoms with Crippen LogP contribution in [0.15, 0.2) is 18.2 Å². The fourth-order valence-electron chi connectivity index (χ4n) is 2.08. The first-order valence-electron chi connectivity index (χ1n) is 5.01. The Labute approximate surface area is 92.4 Å². The van der Waals surface area contributed by atoms with Crippen LogP contribution in [0.2, 0.25) is 0 Å². The highest BCUT2D eigenvalue weighted by Gasteiger charge is 2.60. The number of rotatable bonds is 2. The van der Waals surface area contributed by atoms with E-state index in [9.17, 15) is 14.5 Å². The molecule has 1 aromatic rings. The highest BCUT2D eigenvalue weighted by atomic mass is 19.1. The summed E-state index contributed by atoms with van der Waals surface area (Å²) in [6.45, 7) is 3.84. The van der Waals surface area contributed by atoms with Crippen molar-refractivity contribution in [3.05, 3.63) is 39.7 Å². The Morgan fingerprint density at radius 1 is 1.50 bits per heavy atom. The first-order valence-corrected chi connectivity index (χ1v) is 5.01. The topological polar surface area (TPSA) is 69.2 Å². The summed E-state index contributed by atoms with van der Waals surface area (Å²) in [5.41, 5.74) is 5.19. The monoisotopic (exact) mass is 224 g/mol. The molecule has 5 heteroatoms. The molecule has 4 nitrogen and oxygen atoms in total. The van der Waals surface area contributed by atoms with Crippen LogP contribution in [0.4, 0.5) is 10.1 Å². The number of non-ortho nitro benzene ring substituents is 1. The zero-order chi connectivity index (χ0) is 12.1. The Hall–Kier alpha value is -1.49. The summed E-state index contributed by atoms with van der Waals surface area (Å²) < 4.78 is 13.6. The lowest BCUT2D eigenvalue weighted by Gasteiger charge is -2.15. The van der Waals surface area contributed by atoms with Crippen LogP contribution in [0.1, 0.15) is 25.8 Å². The SMILES string of the molecule is CC1(C)CC1(N)c1cc([N+](=O)[O-])ccc1F. The van der Waals surface area contributed by atoms with E-state index < -0.39 is 16.3 Å². The zero-order valence-corrected chi connectivity index (χ0v) is 9.16. The van der Waals surface area contributed by atoms with Crippen LogP contribution in [0, 0.1) is 21.3 Å². The molecule has 1 aliphatic rings. The van der Waals surface area contributed by atoms with Gasteiger partial charge in [0.15, 0.2) is 0 Å². The highest BCUT2D eigenvalue weighted by Crippen LogP contribution is 2.60. The highest BCUT2D eigenvalue weighted by molar-refractivity contribution is 5.43. The van der Waals surface area contributed by atoms with Crippen molar-refractivity contribution in [1.29, 1.82) is 0 Å². The van der Waals surface area contributed by atoms with Crippen molar-refractivity contribution in [3.63, 3.8) is 0 Å². The second kappa shape index (κ2) is 3.01. The molecule has 0 aromatic heterocycles. The summed E-state index contributed by atoms with van der Waals surface area (Å²) in [7, 11) is 0. The molecule has 1 unspecified atom stereocenters. The molecule has 1 aliphatic carbocycles. The quantitative estimate of drug-likeness (QED) is 0.619. The lowest BCUT2D eigenvalue weighted by Crippen LogP contribution is -2.26. The van der Waals surface area contributed by atoms with Crippen molar-refractivity contribution in [1.82, 2.24) is 0 Å². The summed E-state index contributed by atoms with van der Waals surface area (Å²) in [4.78, 5) is 10.1. The predicted octanol–water partition coefficient (Wildman–Crippen LogP) is 2.32. The van der Waals surface area contributed by atoms with Crippen LogP contribution in [0.25, 0.3) is 0 Å². The number of nitro benzene ring substituents is 1. The average molecular weight is 224 g/mol. The molecule has 0 aliphatic heterocycles. The van der Waals surface area contributed by atoms with Crippen LogP contribution in [0.5, 0.6) is 0 Å². The second-order valence-corrected chi connectivity index (χ2v) is 4.95. The standard InChI is InChI=1S/C11H13FN2O2/c1-10(2)6-11(10,13)8-5-7(14(15)16)3-4-9(8)12/h3-5H,6,13H2,1-2H3. The van der Waals surface area contributed by atoms with Crippen molar-refractivity contribution < 1.29 is 9.31 Å². The fourth-order valence-corrected chi connectivity index (χ4v) is 2.08. The second-order valence-electron chi connectivity index (χ2n) is 4.95. The normalized spacial score (nSPS) is 26.5. The van der Waals surface area contributed by atoms with E-state index in [0.29, 0.717) is 6.42 Å². The number of nitrogens with two attached hydrogens (primary N) is 1. The van der Waals surface area contributed by atoms with Gasteiger partial charge in [0.2, 0.25) is 0 Å². The van der Waals surface area contributed by atoms with E-state index in [0.717, 1.165) is 12.1 Å². The van der Waals surface area contributed by atoms with Crippen molar-refractivity contribution in [2.75, 3.05) is 0 Å². The number of nitrogens with zero attached hydrogens (tertiary/aromatic N) is 1. The maximum atomic E-state index is 13.6. The molecule has 0 spiro atoms. The molecule has 86 valence electrons. The molecule has 0 amide bonds. The number of hydrogen-bond acceptors (Lipinski definition) is 3. The van der Waals surface area contributed by atoms with Gasteiger partial charge in [-0.3, -0.25) is 10.1 Å². The molecule has 1 atom stereocenters. The van der Waals surface area contributed by atoms with Crippen LogP contribution in [-0.4, -0.2) is 4.92 Å². The number of hydrogen-bond donors (Lipinski definition) is 1. The summed E-state index contributed by atoms with van der Waals surface area (Å²) in [5.74, 6) is -0.473. The average Bonchev–Trinajstić information content (AvgIpc) is 2.67. The molecule has 16 heavy (non-hydrogen) atoms. The van der Waals surface area contributed by atoms with Gasteiger partial charge >= 0.3 is 0 Å². The molecule has 0 bridgehead atoms. The lowest BCUT2D eigenvalue weighted by molar-refractivity contribution is -0.385. The van der Waals surface area contributed by atoms with Gasteiger partial charge in [-0.1, -0.05) is 13.8 Å². The summed E-state index contributed by atoms with van der Waals surface area (Å²) in [6, 6.07) is 3.50. The molecule has 1 fully saturated rings. The summed E-state index contributed by atoms with van der Waals surface area (Å²) in [5, 5.41) is 10.6.